The van der Waals surface area contributed by atoms with E-state index in [1.54, 1.807) is 19.3 Å². The molecule has 5 nitrogen and oxygen atoms in total. The summed E-state index contributed by atoms with van der Waals surface area (Å²) in [6, 6.07) is 12.7. The number of benzene rings is 2. The predicted molar refractivity (Wildman–Crippen MR) is 106 cm³/mol. The molecular weight excluding hydrogens is 366 g/mol. The van der Waals surface area contributed by atoms with Crippen molar-refractivity contribution in [2.75, 3.05) is 26.9 Å². The smallest absolute Gasteiger partial charge is 0.244 e. The van der Waals surface area contributed by atoms with Gasteiger partial charge in [0.1, 0.15) is 30.5 Å². The monoisotopic (exact) mass is 385 g/mol. The Balaban J connectivity index is 1.43. The van der Waals surface area contributed by atoms with E-state index in [9.17, 15) is 4.79 Å². The van der Waals surface area contributed by atoms with E-state index >= 15 is 0 Å². The van der Waals surface area contributed by atoms with E-state index in [4.69, 9.17) is 25.8 Å². The van der Waals surface area contributed by atoms with Gasteiger partial charge in [-0.05, 0) is 54.1 Å². The zero-order chi connectivity index (χ0) is 19.1. The zero-order valence-electron chi connectivity index (χ0n) is 14.9. The molecule has 0 saturated heterocycles. The van der Waals surface area contributed by atoms with E-state index in [-0.39, 0.29) is 5.91 Å². The molecule has 0 atom stereocenters. The van der Waals surface area contributed by atoms with Crippen molar-refractivity contribution in [1.82, 2.24) is 5.32 Å². The number of carbonyl (C=O) groups is 1. The van der Waals surface area contributed by atoms with Crippen LogP contribution in [0.4, 0.5) is 0 Å². The number of methoxy groups -OCH3 is 1. The molecule has 27 heavy (non-hydrogen) atoms. The first kappa shape index (κ1) is 18.9. The Morgan fingerprint density at radius 1 is 1.22 bits per heavy atom. The van der Waals surface area contributed by atoms with Crippen LogP contribution in [0, 0.1) is 0 Å². The molecule has 0 spiro atoms. The van der Waals surface area contributed by atoms with Gasteiger partial charge in [0.2, 0.25) is 5.91 Å². The van der Waals surface area contributed by atoms with Gasteiger partial charge in [-0.1, -0.05) is 17.7 Å². The first-order valence-electron chi connectivity index (χ1n) is 8.50. The standard InChI is InChI=1S/C21H20ClNO4/c1-25-18-4-6-19(7-5-18)26-11-10-23-21(24)9-2-15-12-16-13-17(22)3-8-20(16)27-14-15/h2-9,12-13H,10-11,14H2,1H3,(H,23,24)/b9-2+. The largest absolute Gasteiger partial charge is 0.497 e. The number of amides is 1. The first-order chi connectivity index (χ1) is 13.1. The molecule has 1 aliphatic heterocycles. The highest BCUT2D eigenvalue weighted by Gasteiger charge is 2.10. The van der Waals surface area contributed by atoms with Crippen LogP contribution < -0.4 is 19.5 Å². The van der Waals surface area contributed by atoms with Crippen LogP contribution in [0.5, 0.6) is 17.2 Å². The minimum Gasteiger partial charge on any atom is -0.497 e. The van der Waals surface area contributed by atoms with Gasteiger partial charge >= 0.3 is 0 Å². The van der Waals surface area contributed by atoms with Crippen LogP contribution in [-0.4, -0.2) is 32.8 Å². The fraction of sp³-hybridized carbons (Fsp3) is 0.190. The van der Waals surface area contributed by atoms with E-state index in [0.717, 1.165) is 28.4 Å². The van der Waals surface area contributed by atoms with Crippen LogP contribution in [0.3, 0.4) is 0 Å². The molecule has 0 fully saturated rings. The van der Waals surface area contributed by atoms with E-state index in [1.807, 2.05) is 42.5 Å². The molecule has 0 bridgehead atoms. The Bertz CT molecular complexity index is 859. The second kappa shape index (κ2) is 9.14. The van der Waals surface area contributed by atoms with Gasteiger partial charge in [0, 0.05) is 16.7 Å². The average molecular weight is 386 g/mol. The normalized spacial score (nSPS) is 12.7. The summed E-state index contributed by atoms with van der Waals surface area (Å²) in [5, 5.41) is 3.43. The highest BCUT2D eigenvalue weighted by molar-refractivity contribution is 6.30. The van der Waals surface area contributed by atoms with Gasteiger partial charge < -0.3 is 19.5 Å². The number of halogens is 1. The number of rotatable bonds is 7. The van der Waals surface area contributed by atoms with Crippen LogP contribution in [0.15, 0.2) is 60.2 Å². The SMILES string of the molecule is COc1ccc(OCCNC(=O)/C=C/C2=Cc3cc(Cl)ccc3OC2)cc1. The Kier molecular flexibility index (Phi) is 6.39. The van der Waals surface area contributed by atoms with Gasteiger partial charge in [-0.3, -0.25) is 4.79 Å². The van der Waals surface area contributed by atoms with Crippen LogP contribution in [0.2, 0.25) is 5.02 Å². The van der Waals surface area contributed by atoms with Crippen LogP contribution in [-0.2, 0) is 4.79 Å². The molecule has 1 heterocycles. The molecule has 0 aromatic heterocycles. The van der Waals surface area contributed by atoms with Crippen molar-refractivity contribution < 1.29 is 19.0 Å². The molecule has 1 aliphatic rings. The molecule has 0 unspecified atom stereocenters. The van der Waals surface area contributed by atoms with Crippen LogP contribution in [0.1, 0.15) is 5.56 Å². The van der Waals surface area contributed by atoms with E-state index in [0.29, 0.717) is 24.8 Å². The second-order valence-corrected chi connectivity index (χ2v) is 6.27. The van der Waals surface area contributed by atoms with E-state index in [1.165, 1.54) is 6.08 Å². The molecule has 0 saturated carbocycles. The first-order valence-corrected chi connectivity index (χ1v) is 8.87. The van der Waals surface area contributed by atoms with Crippen molar-refractivity contribution in [2.24, 2.45) is 0 Å². The summed E-state index contributed by atoms with van der Waals surface area (Å²) in [6.07, 6.45) is 5.18. The second-order valence-electron chi connectivity index (χ2n) is 5.84. The number of hydrogen-bond acceptors (Lipinski definition) is 4. The lowest BCUT2D eigenvalue weighted by Crippen LogP contribution is -2.26. The lowest BCUT2D eigenvalue weighted by Gasteiger charge is -2.16. The van der Waals surface area contributed by atoms with E-state index in [2.05, 4.69) is 5.32 Å². The maximum absolute atomic E-state index is 11.9. The quantitative estimate of drug-likeness (QED) is 0.580. The Morgan fingerprint density at radius 2 is 2.00 bits per heavy atom. The molecule has 1 N–H and O–H groups in total. The van der Waals surface area contributed by atoms with Crippen LogP contribution in [0.25, 0.3) is 6.08 Å². The number of ether oxygens (including phenoxy) is 3. The van der Waals surface area contributed by atoms with Crippen molar-refractivity contribution in [1.29, 1.82) is 0 Å². The summed E-state index contributed by atoms with van der Waals surface area (Å²) in [5.74, 6) is 2.09. The fourth-order valence-electron chi connectivity index (χ4n) is 2.52. The van der Waals surface area contributed by atoms with Crippen molar-refractivity contribution in [3.63, 3.8) is 0 Å². The Morgan fingerprint density at radius 3 is 2.78 bits per heavy atom. The van der Waals surface area contributed by atoms with Gasteiger partial charge in [-0.15, -0.1) is 0 Å². The maximum atomic E-state index is 11.9. The molecule has 3 rings (SSSR count). The van der Waals surface area contributed by atoms with Crippen LogP contribution >= 0.6 is 11.6 Å². The molecule has 2 aromatic rings. The third-order valence-electron chi connectivity index (χ3n) is 3.89. The van der Waals surface area contributed by atoms with Gasteiger partial charge in [0.05, 0.1) is 13.7 Å². The van der Waals surface area contributed by atoms with E-state index < -0.39 is 0 Å². The van der Waals surface area contributed by atoms with Crippen molar-refractivity contribution in [3.05, 3.63) is 70.8 Å². The predicted octanol–water partition coefficient (Wildman–Crippen LogP) is 3.88. The molecule has 1 amide bonds. The summed E-state index contributed by atoms with van der Waals surface area (Å²) >= 11 is 6.00. The van der Waals surface area contributed by atoms with Gasteiger partial charge in [0.25, 0.3) is 0 Å². The number of hydrogen-bond donors (Lipinski definition) is 1. The molecule has 0 radical (unpaired) electrons. The van der Waals surface area contributed by atoms with Gasteiger partial charge in [0.15, 0.2) is 0 Å². The number of nitrogens with one attached hydrogen (secondary N) is 1. The molecule has 6 heteroatoms. The minimum atomic E-state index is -0.189. The molecule has 2 aromatic carbocycles. The summed E-state index contributed by atoms with van der Waals surface area (Å²) in [5.41, 5.74) is 1.80. The van der Waals surface area contributed by atoms with Gasteiger partial charge in [-0.25, -0.2) is 0 Å². The topological polar surface area (TPSA) is 56.8 Å². The number of carbonyl (C=O) groups excluding carboxylic acids is 1. The minimum absolute atomic E-state index is 0.189. The van der Waals surface area contributed by atoms with Gasteiger partial charge in [-0.2, -0.15) is 0 Å². The molecule has 140 valence electrons. The zero-order valence-corrected chi connectivity index (χ0v) is 15.7. The summed E-state index contributed by atoms with van der Waals surface area (Å²) in [4.78, 5) is 11.9. The summed E-state index contributed by atoms with van der Waals surface area (Å²) in [6.45, 7) is 1.20. The van der Waals surface area contributed by atoms with Crippen molar-refractivity contribution >= 4 is 23.6 Å². The summed E-state index contributed by atoms with van der Waals surface area (Å²) in [7, 11) is 1.61. The van der Waals surface area contributed by atoms with Crippen molar-refractivity contribution in [2.45, 2.75) is 0 Å². The lowest BCUT2D eigenvalue weighted by molar-refractivity contribution is -0.116. The average Bonchev–Trinajstić information content (AvgIpc) is 2.69. The third kappa shape index (κ3) is 5.53. The maximum Gasteiger partial charge on any atom is 0.244 e. The summed E-state index contributed by atoms with van der Waals surface area (Å²) < 4.78 is 16.3. The Hall–Kier alpha value is -2.92. The lowest BCUT2D eigenvalue weighted by atomic mass is 10.1. The Labute approximate surface area is 163 Å². The molecule has 0 aliphatic carbocycles. The third-order valence-corrected chi connectivity index (χ3v) is 4.12. The number of fused-ring (bicyclic) bond motifs is 1. The highest BCUT2D eigenvalue weighted by Crippen LogP contribution is 2.29. The van der Waals surface area contributed by atoms with Crippen molar-refractivity contribution in [3.8, 4) is 17.2 Å². The molecular formula is C21H20ClNO4. The fourth-order valence-corrected chi connectivity index (χ4v) is 2.70. The highest BCUT2D eigenvalue weighted by atomic mass is 35.5.